The molecule has 1 amide bonds. The van der Waals surface area contributed by atoms with Gasteiger partial charge in [0.25, 0.3) is 5.91 Å². The minimum atomic E-state index is -0.634. The number of likely N-dealkylation sites (tertiary alicyclic amines) is 1. The predicted octanol–water partition coefficient (Wildman–Crippen LogP) is 2.29. The van der Waals surface area contributed by atoms with Crippen LogP contribution < -0.4 is 5.73 Å². The van der Waals surface area contributed by atoms with Gasteiger partial charge in [0.15, 0.2) is 5.82 Å². The Labute approximate surface area is 111 Å². The van der Waals surface area contributed by atoms with Crippen LogP contribution in [0, 0.1) is 11.7 Å². The Bertz CT molecular complexity index is 445. The van der Waals surface area contributed by atoms with Crippen LogP contribution in [0.5, 0.6) is 0 Å². The number of hydrogen-bond acceptors (Lipinski definition) is 2. The molecule has 1 aromatic carbocycles. The quantitative estimate of drug-likeness (QED) is 0.896. The van der Waals surface area contributed by atoms with Gasteiger partial charge in [-0.1, -0.05) is 17.7 Å². The van der Waals surface area contributed by atoms with Gasteiger partial charge in [0.1, 0.15) is 0 Å². The highest BCUT2D eigenvalue weighted by Crippen LogP contribution is 2.22. The van der Waals surface area contributed by atoms with Gasteiger partial charge < -0.3 is 10.6 Å². The lowest BCUT2D eigenvalue weighted by atomic mass is 9.96. The first-order valence-electron chi connectivity index (χ1n) is 6.07. The van der Waals surface area contributed by atoms with E-state index in [0.29, 0.717) is 25.6 Å². The fourth-order valence-electron chi connectivity index (χ4n) is 2.21. The summed E-state index contributed by atoms with van der Waals surface area (Å²) in [6, 6.07) is 4.50. The lowest BCUT2D eigenvalue weighted by Crippen LogP contribution is -2.40. The first-order chi connectivity index (χ1) is 8.63. The summed E-state index contributed by atoms with van der Waals surface area (Å²) in [6.07, 6.45) is 1.76. The molecule has 0 saturated carbocycles. The molecule has 1 saturated heterocycles. The molecule has 5 heteroatoms. The molecule has 18 heavy (non-hydrogen) atoms. The van der Waals surface area contributed by atoms with Crippen LogP contribution in [0.1, 0.15) is 23.2 Å². The molecule has 2 N–H and O–H groups in total. The van der Waals surface area contributed by atoms with Crippen LogP contribution in [0.2, 0.25) is 5.02 Å². The molecule has 1 aliphatic rings. The maximum Gasteiger partial charge on any atom is 0.256 e. The van der Waals surface area contributed by atoms with E-state index in [0.717, 1.165) is 12.8 Å². The Morgan fingerprint density at radius 2 is 2.11 bits per heavy atom. The third-order valence-electron chi connectivity index (χ3n) is 3.42. The summed E-state index contributed by atoms with van der Waals surface area (Å²) in [5.74, 6) is -0.450. The third-order valence-corrected chi connectivity index (χ3v) is 3.71. The average molecular weight is 271 g/mol. The van der Waals surface area contributed by atoms with E-state index in [-0.39, 0.29) is 16.5 Å². The standard InChI is InChI=1S/C13H16ClFN2O/c14-11-3-1-2-10(12(11)15)13(18)17-6-4-9(8-16)5-7-17/h1-3,9H,4-8,16H2. The summed E-state index contributed by atoms with van der Waals surface area (Å²) in [7, 11) is 0. The fourth-order valence-corrected chi connectivity index (χ4v) is 2.39. The van der Waals surface area contributed by atoms with Crippen LogP contribution in [-0.2, 0) is 0 Å². The van der Waals surface area contributed by atoms with Crippen LogP contribution in [0.15, 0.2) is 18.2 Å². The lowest BCUT2D eigenvalue weighted by Gasteiger charge is -2.31. The second-order valence-corrected chi connectivity index (χ2v) is 4.98. The van der Waals surface area contributed by atoms with E-state index in [1.54, 1.807) is 11.0 Å². The number of carbonyl (C=O) groups excluding carboxylic acids is 1. The molecule has 2 rings (SSSR count). The van der Waals surface area contributed by atoms with Gasteiger partial charge in [-0.05, 0) is 37.4 Å². The van der Waals surface area contributed by atoms with E-state index in [9.17, 15) is 9.18 Å². The molecule has 0 aromatic heterocycles. The summed E-state index contributed by atoms with van der Waals surface area (Å²) >= 11 is 5.68. The molecule has 1 aromatic rings. The molecule has 0 spiro atoms. The van der Waals surface area contributed by atoms with E-state index in [1.807, 2.05) is 0 Å². The zero-order valence-electron chi connectivity index (χ0n) is 10.0. The highest BCUT2D eigenvalue weighted by Gasteiger charge is 2.25. The summed E-state index contributed by atoms with van der Waals surface area (Å²) in [5.41, 5.74) is 5.65. The fraction of sp³-hybridized carbons (Fsp3) is 0.462. The van der Waals surface area contributed by atoms with Crippen molar-refractivity contribution >= 4 is 17.5 Å². The van der Waals surface area contributed by atoms with Crippen molar-refractivity contribution in [2.75, 3.05) is 19.6 Å². The van der Waals surface area contributed by atoms with Crippen molar-refractivity contribution in [2.45, 2.75) is 12.8 Å². The maximum absolute atomic E-state index is 13.8. The third kappa shape index (κ3) is 2.65. The van der Waals surface area contributed by atoms with E-state index in [2.05, 4.69) is 0 Å². The normalized spacial score (nSPS) is 16.9. The second kappa shape index (κ2) is 5.67. The number of halogens is 2. The molecular formula is C13H16ClFN2O. The van der Waals surface area contributed by atoms with Crippen molar-refractivity contribution in [3.8, 4) is 0 Å². The Balaban J connectivity index is 2.10. The molecule has 0 radical (unpaired) electrons. The first kappa shape index (κ1) is 13.3. The van der Waals surface area contributed by atoms with Crippen LogP contribution in [-0.4, -0.2) is 30.4 Å². The molecule has 1 heterocycles. The Hall–Kier alpha value is -1.13. The number of carbonyl (C=O) groups is 1. The predicted molar refractivity (Wildman–Crippen MR) is 69.1 cm³/mol. The van der Waals surface area contributed by atoms with Crippen LogP contribution in [0.3, 0.4) is 0 Å². The summed E-state index contributed by atoms with van der Waals surface area (Å²) < 4.78 is 13.8. The van der Waals surface area contributed by atoms with Gasteiger partial charge in [0, 0.05) is 13.1 Å². The highest BCUT2D eigenvalue weighted by molar-refractivity contribution is 6.31. The molecule has 0 aliphatic carbocycles. The van der Waals surface area contributed by atoms with Crippen molar-refractivity contribution < 1.29 is 9.18 Å². The van der Waals surface area contributed by atoms with E-state index in [4.69, 9.17) is 17.3 Å². The molecule has 98 valence electrons. The van der Waals surface area contributed by atoms with Crippen LogP contribution >= 0.6 is 11.6 Å². The molecule has 0 bridgehead atoms. The van der Waals surface area contributed by atoms with Gasteiger partial charge in [0.05, 0.1) is 10.6 Å². The Kier molecular flexibility index (Phi) is 4.19. The van der Waals surface area contributed by atoms with Gasteiger partial charge in [-0.25, -0.2) is 4.39 Å². The number of amides is 1. The van der Waals surface area contributed by atoms with Gasteiger partial charge in [-0.15, -0.1) is 0 Å². The second-order valence-electron chi connectivity index (χ2n) is 4.57. The molecule has 1 aliphatic heterocycles. The Morgan fingerprint density at radius 3 is 2.72 bits per heavy atom. The summed E-state index contributed by atoms with van der Waals surface area (Å²) in [6.45, 7) is 1.91. The van der Waals surface area contributed by atoms with Crippen molar-refractivity contribution in [1.82, 2.24) is 4.90 Å². The summed E-state index contributed by atoms with van der Waals surface area (Å²) in [4.78, 5) is 13.8. The SMILES string of the molecule is NCC1CCN(C(=O)c2cccc(Cl)c2F)CC1. The maximum atomic E-state index is 13.8. The molecule has 3 nitrogen and oxygen atoms in total. The molecular weight excluding hydrogens is 255 g/mol. The van der Waals surface area contributed by atoms with Gasteiger partial charge >= 0.3 is 0 Å². The lowest BCUT2D eigenvalue weighted by molar-refractivity contribution is 0.0688. The van der Waals surface area contributed by atoms with E-state index in [1.165, 1.54) is 12.1 Å². The van der Waals surface area contributed by atoms with Crippen molar-refractivity contribution in [2.24, 2.45) is 11.7 Å². The number of benzene rings is 1. The van der Waals surface area contributed by atoms with Gasteiger partial charge in [-0.3, -0.25) is 4.79 Å². The van der Waals surface area contributed by atoms with Gasteiger partial charge in [0.2, 0.25) is 0 Å². The zero-order chi connectivity index (χ0) is 13.1. The average Bonchev–Trinajstić information content (AvgIpc) is 2.41. The zero-order valence-corrected chi connectivity index (χ0v) is 10.8. The van der Waals surface area contributed by atoms with Crippen molar-refractivity contribution in [1.29, 1.82) is 0 Å². The monoisotopic (exact) mass is 270 g/mol. The van der Waals surface area contributed by atoms with Crippen molar-refractivity contribution in [3.63, 3.8) is 0 Å². The largest absolute Gasteiger partial charge is 0.339 e. The molecule has 0 unspecified atom stereocenters. The summed E-state index contributed by atoms with van der Waals surface area (Å²) in [5, 5.41) is -0.0160. The van der Waals surface area contributed by atoms with Crippen LogP contribution in [0.25, 0.3) is 0 Å². The van der Waals surface area contributed by atoms with Crippen LogP contribution in [0.4, 0.5) is 4.39 Å². The van der Waals surface area contributed by atoms with Crippen molar-refractivity contribution in [3.05, 3.63) is 34.6 Å². The number of rotatable bonds is 2. The number of nitrogens with zero attached hydrogens (tertiary/aromatic N) is 1. The number of piperidine rings is 1. The molecule has 1 fully saturated rings. The first-order valence-corrected chi connectivity index (χ1v) is 6.44. The number of hydrogen-bond donors (Lipinski definition) is 1. The Morgan fingerprint density at radius 1 is 1.44 bits per heavy atom. The molecule has 0 atom stereocenters. The minimum Gasteiger partial charge on any atom is -0.339 e. The minimum absolute atomic E-state index is 0.0160. The van der Waals surface area contributed by atoms with E-state index >= 15 is 0 Å². The highest BCUT2D eigenvalue weighted by atomic mass is 35.5. The topological polar surface area (TPSA) is 46.3 Å². The smallest absolute Gasteiger partial charge is 0.256 e. The van der Waals surface area contributed by atoms with E-state index < -0.39 is 5.82 Å². The number of nitrogens with two attached hydrogens (primary N) is 1. The van der Waals surface area contributed by atoms with Gasteiger partial charge in [-0.2, -0.15) is 0 Å².